The maximum absolute atomic E-state index is 13.0. The van der Waals surface area contributed by atoms with Crippen molar-refractivity contribution in [2.75, 3.05) is 5.32 Å². The highest BCUT2D eigenvalue weighted by Crippen LogP contribution is 2.23. The highest BCUT2D eigenvalue weighted by molar-refractivity contribution is 9.10. The van der Waals surface area contributed by atoms with Crippen molar-refractivity contribution in [2.24, 2.45) is 0 Å². The predicted octanol–water partition coefficient (Wildman–Crippen LogP) is 3.14. The van der Waals surface area contributed by atoms with Crippen molar-refractivity contribution in [1.82, 2.24) is 5.16 Å². The lowest BCUT2D eigenvalue weighted by molar-refractivity contribution is 0.0988. The Morgan fingerprint density at radius 2 is 2.24 bits per heavy atom. The fourth-order valence-corrected chi connectivity index (χ4v) is 1.59. The Morgan fingerprint density at radius 1 is 1.47 bits per heavy atom. The number of amides is 1. The molecule has 0 aliphatic carbocycles. The van der Waals surface area contributed by atoms with Crippen molar-refractivity contribution < 1.29 is 13.7 Å². The minimum atomic E-state index is -0.475. The Balaban J connectivity index is 2.21. The lowest BCUT2D eigenvalue weighted by Gasteiger charge is -2.05. The third-order valence-electron chi connectivity index (χ3n) is 2.03. The monoisotopic (exact) mass is 298 g/mol. The molecule has 2 rings (SSSR count). The number of rotatable bonds is 2. The van der Waals surface area contributed by atoms with Gasteiger partial charge < -0.3 is 9.84 Å². The third kappa shape index (κ3) is 2.71. The lowest BCUT2D eigenvalue weighted by Crippen LogP contribution is -2.11. The Labute approximate surface area is 105 Å². The van der Waals surface area contributed by atoms with Crippen LogP contribution in [0.5, 0.6) is 0 Å². The van der Waals surface area contributed by atoms with E-state index >= 15 is 0 Å². The molecule has 2 aromatic rings. The van der Waals surface area contributed by atoms with Crippen molar-refractivity contribution >= 4 is 27.5 Å². The van der Waals surface area contributed by atoms with Crippen LogP contribution in [0.3, 0.4) is 0 Å². The molecule has 1 aromatic heterocycles. The molecule has 17 heavy (non-hydrogen) atoms. The zero-order valence-electron chi connectivity index (χ0n) is 8.83. The maximum atomic E-state index is 13.0. The van der Waals surface area contributed by atoms with Gasteiger partial charge in [-0.05, 0) is 41.1 Å². The van der Waals surface area contributed by atoms with Crippen molar-refractivity contribution in [2.45, 2.75) is 6.92 Å². The fourth-order valence-electron chi connectivity index (χ4n) is 1.25. The quantitative estimate of drug-likeness (QED) is 0.927. The molecule has 1 amide bonds. The first-order valence-corrected chi connectivity index (χ1v) is 5.55. The van der Waals surface area contributed by atoms with Crippen molar-refractivity contribution in [3.8, 4) is 0 Å². The molecule has 0 unspecified atom stereocenters. The number of nitrogens with zero attached hydrogens (tertiary/aromatic N) is 1. The normalized spacial score (nSPS) is 10.3. The summed E-state index contributed by atoms with van der Waals surface area (Å²) in [5, 5.41) is 6.12. The Bertz CT molecular complexity index is 568. The molecule has 4 nitrogen and oxygen atoms in total. The van der Waals surface area contributed by atoms with Gasteiger partial charge in [0, 0.05) is 10.5 Å². The highest BCUT2D eigenvalue weighted by Gasteiger charge is 2.13. The molecule has 1 heterocycles. The molecule has 6 heteroatoms. The molecule has 0 saturated heterocycles. The van der Waals surface area contributed by atoms with Crippen molar-refractivity contribution in [3.63, 3.8) is 0 Å². The Hall–Kier alpha value is -1.69. The largest absolute Gasteiger partial charge is 0.351 e. The molecule has 0 aliphatic heterocycles. The average Bonchev–Trinajstić information content (AvgIpc) is 2.70. The van der Waals surface area contributed by atoms with Gasteiger partial charge in [-0.1, -0.05) is 5.16 Å². The molecular weight excluding hydrogens is 291 g/mol. The van der Waals surface area contributed by atoms with E-state index in [1.807, 2.05) is 0 Å². The smallest absolute Gasteiger partial charge is 0.294 e. The zero-order valence-corrected chi connectivity index (χ0v) is 10.4. The van der Waals surface area contributed by atoms with E-state index in [0.717, 1.165) is 0 Å². The first-order chi connectivity index (χ1) is 8.06. The van der Waals surface area contributed by atoms with E-state index in [9.17, 15) is 9.18 Å². The van der Waals surface area contributed by atoms with Crippen LogP contribution in [0.15, 0.2) is 33.3 Å². The van der Waals surface area contributed by atoms with Gasteiger partial charge in [0.05, 0.1) is 11.4 Å². The number of benzene rings is 1. The molecular formula is C11H8BrFN2O2. The molecule has 1 N–H and O–H groups in total. The van der Waals surface area contributed by atoms with Gasteiger partial charge in [0.1, 0.15) is 5.82 Å². The van der Waals surface area contributed by atoms with Crippen LogP contribution in [0.1, 0.15) is 16.2 Å². The second-order valence-corrected chi connectivity index (χ2v) is 4.27. The molecule has 0 saturated carbocycles. The number of hydrogen-bond acceptors (Lipinski definition) is 3. The van der Waals surface area contributed by atoms with E-state index in [1.165, 1.54) is 24.3 Å². The number of carbonyl (C=O) groups is 1. The lowest BCUT2D eigenvalue weighted by atomic mass is 10.3. The first kappa shape index (κ1) is 11.8. The van der Waals surface area contributed by atoms with Gasteiger partial charge in [-0.3, -0.25) is 4.79 Å². The molecule has 0 spiro atoms. The maximum Gasteiger partial charge on any atom is 0.294 e. The van der Waals surface area contributed by atoms with Crippen LogP contribution in [-0.2, 0) is 0 Å². The number of carbonyl (C=O) groups excluding carboxylic acids is 1. The average molecular weight is 299 g/mol. The SMILES string of the molecule is Cc1cc(C(=O)Nc2cc(F)ccc2Br)on1. The van der Waals surface area contributed by atoms with Crippen LogP contribution in [0.2, 0.25) is 0 Å². The zero-order chi connectivity index (χ0) is 12.4. The Morgan fingerprint density at radius 3 is 2.88 bits per heavy atom. The summed E-state index contributed by atoms with van der Waals surface area (Å²) in [5.74, 6) is -0.826. The topological polar surface area (TPSA) is 55.1 Å². The van der Waals surface area contributed by atoms with Crippen LogP contribution < -0.4 is 5.32 Å². The van der Waals surface area contributed by atoms with Gasteiger partial charge in [-0.2, -0.15) is 0 Å². The van der Waals surface area contributed by atoms with E-state index < -0.39 is 11.7 Å². The number of hydrogen-bond donors (Lipinski definition) is 1. The van der Waals surface area contributed by atoms with Crippen molar-refractivity contribution in [3.05, 3.63) is 46.0 Å². The predicted molar refractivity (Wildman–Crippen MR) is 63.3 cm³/mol. The minimum absolute atomic E-state index is 0.0821. The summed E-state index contributed by atoms with van der Waals surface area (Å²) in [4.78, 5) is 11.7. The summed E-state index contributed by atoms with van der Waals surface area (Å²) in [6.07, 6.45) is 0. The number of anilines is 1. The fraction of sp³-hybridized carbons (Fsp3) is 0.0909. The van der Waals surface area contributed by atoms with E-state index in [0.29, 0.717) is 15.9 Å². The van der Waals surface area contributed by atoms with Crippen molar-refractivity contribution in [1.29, 1.82) is 0 Å². The molecule has 0 bridgehead atoms. The molecule has 0 aliphatic rings. The van der Waals surface area contributed by atoms with Gasteiger partial charge in [0.25, 0.3) is 5.91 Å². The number of nitrogens with one attached hydrogen (secondary N) is 1. The van der Waals surface area contributed by atoms with E-state index in [4.69, 9.17) is 4.52 Å². The molecule has 0 radical (unpaired) electrons. The first-order valence-electron chi connectivity index (χ1n) is 4.76. The van der Waals surface area contributed by atoms with Crippen LogP contribution >= 0.6 is 15.9 Å². The van der Waals surface area contributed by atoms with E-state index in [1.54, 1.807) is 6.92 Å². The second kappa shape index (κ2) is 4.67. The number of aromatic nitrogens is 1. The highest BCUT2D eigenvalue weighted by atomic mass is 79.9. The second-order valence-electron chi connectivity index (χ2n) is 3.41. The summed E-state index contributed by atoms with van der Waals surface area (Å²) < 4.78 is 18.4. The standard InChI is InChI=1S/C11H8BrFN2O2/c1-6-4-10(17-15-6)11(16)14-9-5-7(13)2-3-8(9)12/h2-5H,1H3,(H,14,16). The Kier molecular flexibility index (Phi) is 3.23. The van der Waals surface area contributed by atoms with Gasteiger partial charge >= 0.3 is 0 Å². The summed E-state index contributed by atoms with van der Waals surface area (Å²) >= 11 is 3.21. The molecule has 0 atom stereocenters. The number of aryl methyl sites for hydroxylation is 1. The van der Waals surface area contributed by atoms with Gasteiger partial charge in [-0.25, -0.2) is 4.39 Å². The van der Waals surface area contributed by atoms with Crippen LogP contribution in [0.25, 0.3) is 0 Å². The van der Waals surface area contributed by atoms with Gasteiger partial charge in [-0.15, -0.1) is 0 Å². The summed E-state index contributed by atoms with van der Waals surface area (Å²) in [5.41, 5.74) is 0.942. The van der Waals surface area contributed by atoms with Crippen LogP contribution in [-0.4, -0.2) is 11.1 Å². The molecule has 0 fully saturated rings. The van der Waals surface area contributed by atoms with Crippen LogP contribution in [0.4, 0.5) is 10.1 Å². The van der Waals surface area contributed by atoms with E-state index in [-0.39, 0.29) is 5.76 Å². The van der Waals surface area contributed by atoms with Gasteiger partial charge in [0.15, 0.2) is 0 Å². The molecule has 1 aromatic carbocycles. The summed E-state index contributed by atoms with van der Waals surface area (Å²) in [7, 11) is 0. The number of halogens is 2. The third-order valence-corrected chi connectivity index (χ3v) is 2.72. The van der Waals surface area contributed by atoms with Crippen LogP contribution in [0, 0.1) is 12.7 Å². The molecule has 88 valence electrons. The van der Waals surface area contributed by atoms with Gasteiger partial charge in [0.2, 0.25) is 5.76 Å². The minimum Gasteiger partial charge on any atom is -0.351 e. The van der Waals surface area contributed by atoms with E-state index in [2.05, 4.69) is 26.4 Å². The summed E-state index contributed by atoms with van der Waals surface area (Å²) in [6.45, 7) is 1.71. The summed E-state index contributed by atoms with van der Waals surface area (Å²) in [6, 6.07) is 5.52.